The zero-order valence-electron chi connectivity index (χ0n) is 17.9. The molecule has 0 radical (unpaired) electrons. The molecule has 4 rings (SSSR count). The van der Waals surface area contributed by atoms with Crippen LogP contribution < -0.4 is 10.6 Å². The van der Waals surface area contributed by atoms with E-state index in [1.165, 1.54) is 24.2 Å². The van der Waals surface area contributed by atoms with Gasteiger partial charge in [0.25, 0.3) is 5.91 Å². The summed E-state index contributed by atoms with van der Waals surface area (Å²) in [6, 6.07) is 0.154. The Morgan fingerprint density at radius 1 is 1.21 bits per heavy atom. The van der Waals surface area contributed by atoms with Gasteiger partial charge in [0.15, 0.2) is 0 Å². The fourth-order valence-corrected chi connectivity index (χ4v) is 4.33. The molecule has 8 nitrogen and oxygen atoms in total. The van der Waals surface area contributed by atoms with Gasteiger partial charge >= 0.3 is 0 Å². The molecule has 1 aliphatic carbocycles. The summed E-state index contributed by atoms with van der Waals surface area (Å²) < 4.78 is 2.15. The largest absolute Gasteiger partial charge is 0.355 e. The summed E-state index contributed by atoms with van der Waals surface area (Å²) in [7, 11) is 3.84. The lowest BCUT2D eigenvalue weighted by atomic mass is 10.0. The molecular weight excluding hydrogens is 366 g/mol. The van der Waals surface area contributed by atoms with E-state index in [-0.39, 0.29) is 17.8 Å². The van der Waals surface area contributed by atoms with Crippen LogP contribution in [0.4, 0.5) is 5.82 Å². The van der Waals surface area contributed by atoms with E-state index in [2.05, 4.69) is 19.4 Å². The number of aromatic nitrogens is 4. The van der Waals surface area contributed by atoms with E-state index >= 15 is 0 Å². The molecule has 1 atom stereocenters. The number of hydrogen-bond donors (Lipinski definition) is 1. The zero-order chi connectivity index (χ0) is 20.7. The first-order valence-corrected chi connectivity index (χ1v) is 10.5. The molecule has 2 aromatic heterocycles. The summed E-state index contributed by atoms with van der Waals surface area (Å²) in [5.41, 5.74) is 10.4. The highest BCUT2D eigenvalue weighted by molar-refractivity contribution is 5.90. The van der Waals surface area contributed by atoms with Crippen LogP contribution in [0.15, 0.2) is 0 Å². The summed E-state index contributed by atoms with van der Waals surface area (Å²) in [5, 5.41) is 0. The first-order valence-electron chi connectivity index (χ1n) is 10.5. The van der Waals surface area contributed by atoms with Crippen LogP contribution in [0, 0.1) is 13.8 Å². The molecule has 0 spiro atoms. The fourth-order valence-electron chi connectivity index (χ4n) is 4.33. The highest BCUT2D eigenvalue weighted by Crippen LogP contribution is 2.25. The molecule has 1 saturated heterocycles. The number of carbonyl (C=O) groups excluding carboxylic acids is 1. The van der Waals surface area contributed by atoms with E-state index in [9.17, 15) is 4.79 Å². The predicted octanol–water partition coefficient (Wildman–Crippen LogP) is 1.52. The van der Waals surface area contributed by atoms with Gasteiger partial charge in [0.05, 0.1) is 12.2 Å². The minimum absolute atomic E-state index is 0.154. The van der Waals surface area contributed by atoms with Gasteiger partial charge in [0.2, 0.25) is 5.82 Å². The lowest BCUT2D eigenvalue weighted by Crippen LogP contribution is -2.32. The number of fused-ring (bicyclic) bond motifs is 1. The Morgan fingerprint density at radius 2 is 1.97 bits per heavy atom. The van der Waals surface area contributed by atoms with Crippen molar-refractivity contribution in [3.63, 3.8) is 0 Å². The van der Waals surface area contributed by atoms with Gasteiger partial charge in [-0.05, 0) is 46.0 Å². The van der Waals surface area contributed by atoms with Crippen molar-refractivity contribution in [3.05, 3.63) is 34.3 Å². The first kappa shape index (κ1) is 19.8. The van der Waals surface area contributed by atoms with Crippen molar-refractivity contribution < 1.29 is 4.79 Å². The van der Waals surface area contributed by atoms with Gasteiger partial charge in [-0.2, -0.15) is 0 Å². The third kappa shape index (κ3) is 3.73. The Hall–Kier alpha value is -2.48. The minimum atomic E-state index is -0.182. The highest BCUT2D eigenvalue weighted by Gasteiger charge is 2.26. The maximum Gasteiger partial charge on any atom is 0.291 e. The standard InChI is InChI=1S/C21H31N7O/c1-13-14(2)23-19(25-20(13)28-10-9-15(22)11-28)21(29)26(3)12-18-24-16-7-5-6-8-17(16)27(18)4/h15H,5-12,22H2,1-4H3/t15-/m1/s1. The molecule has 1 amide bonds. The van der Waals surface area contributed by atoms with Crippen LogP contribution in [-0.2, 0) is 26.4 Å². The maximum atomic E-state index is 13.1. The van der Waals surface area contributed by atoms with E-state index < -0.39 is 0 Å². The summed E-state index contributed by atoms with van der Waals surface area (Å²) in [4.78, 5) is 30.9. The van der Waals surface area contributed by atoms with Gasteiger partial charge in [-0.15, -0.1) is 0 Å². The van der Waals surface area contributed by atoms with Crippen LogP contribution in [-0.4, -0.2) is 56.5 Å². The minimum Gasteiger partial charge on any atom is -0.355 e. The number of amides is 1. The molecule has 2 aromatic rings. The second-order valence-corrected chi connectivity index (χ2v) is 8.42. The SMILES string of the molecule is Cc1nc(C(=O)N(C)Cc2nc3c(n2C)CCCC3)nc(N2CC[C@@H](N)C2)c1C. The van der Waals surface area contributed by atoms with E-state index in [1.807, 2.05) is 20.9 Å². The Bertz CT molecular complexity index is 936. The van der Waals surface area contributed by atoms with Crippen molar-refractivity contribution in [2.75, 3.05) is 25.0 Å². The zero-order valence-corrected chi connectivity index (χ0v) is 17.9. The number of imidazole rings is 1. The van der Waals surface area contributed by atoms with Crippen molar-refractivity contribution >= 4 is 11.7 Å². The van der Waals surface area contributed by atoms with Crippen LogP contribution >= 0.6 is 0 Å². The van der Waals surface area contributed by atoms with Crippen LogP contribution in [0.1, 0.15) is 58.4 Å². The van der Waals surface area contributed by atoms with Gasteiger partial charge in [-0.1, -0.05) is 0 Å². The van der Waals surface area contributed by atoms with Crippen LogP contribution in [0.3, 0.4) is 0 Å². The fraction of sp³-hybridized carbons (Fsp3) is 0.619. The summed E-state index contributed by atoms with van der Waals surface area (Å²) in [5.74, 6) is 1.81. The molecule has 1 fully saturated rings. The molecule has 2 aliphatic rings. The van der Waals surface area contributed by atoms with E-state index in [0.717, 1.165) is 55.3 Å². The summed E-state index contributed by atoms with van der Waals surface area (Å²) in [6.45, 7) is 6.01. The molecule has 0 saturated carbocycles. The number of carbonyl (C=O) groups is 1. The molecule has 156 valence electrons. The normalized spacial score (nSPS) is 18.8. The number of hydrogen-bond acceptors (Lipinski definition) is 6. The van der Waals surface area contributed by atoms with Crippen LogP contribution in [0.5, 0.6) is 0 Å². The Kier molecular flexibility index (Phi) is 5.29. The molecule has 3 heterocycles. The number of anilines is 1. The molecule has 0 unspecified atom stereocenters. The average Bonchev–Trinajstić information content (AvgIpc) is 3.27. The molecule has 29 heavy (non-hydrogen) atoms. The second kappa shape index (κ2) is 7.74. The number of rotatable bonds is 4. The maximum absolute atomic E-state index is 13.1. The van der Waals surface area contributed by atoms with Crippen molar-refractivity contribution in [1.29, 1.82) is 0 Å². The van der Waals surface area contributed by atoms with Crippen molar-refractivity contribution in [3.8, 4) is 0 Å². The summed E-state index contributed by atoms with van der Waals surface area (Å²) >= 11 is 0. The van der Waals surface area contributed by atoms with Crippen molar-refractivity contribution in [2.24, 2.45) is 12.8 Å². The molecular formula is C21H31N7O. The van der Waals surface area contributed by atoms with Crippen LogP contribution in [0.2, 0.25) is 0 Å². The smallest absolute Gasteiger partial charge is 0.291 e. The highest BCUT2D eigenvalue weighted by atomic mass is 16.2. The molecule has 0 aromatic carbocycles. The quantitative estimate of drug-likeness (QED) is 0.841. The van der Waals surface area contributed by atoms with Gasteiger partial charge < -0.3 is 20.1 Å². The van der Waals surface area contributed by atoms with Crippen molar-refractivity contribution in [2.45, 2.75) is 58.5 Å². The van der Waals surface area contributed by atoms with Gasteiger partial charge in [-0.3, -0.25) is 4.79 Å². The monoisotopic (exact) mass is 397 g/mol. The lowest BCUT2D eigenvalue weighted by Gasteiger charge is -2.22. The summed E-state index contributed by atoms with van der Waals surface area (Å²) in [6.07, 6.45) is 5.44. The lowest BCUT2D eigenvalue weighted by molar-refractivity contribution is 0.0768. The Labute approximate surface area is 172 Å². The second-order valence-electron chi connectivity index (χ2n) is 8.42. The van der Waals surface area contributed by atoms with Gasteiger partial charge in [0, 0.05) is 50.2 Å². The number of aryl methyl sites for hydroxylation is 2. The molecule has 1 aliphatic heterocycles. The molecule has 0 bridgehead atoms. The number of nitrogens with zero attached hydrogens (tertiary/aromatic N) is 6. The Balaban J connectivity index is 1.56. The van der Waals surface area contributed by atoms with Crippen molar-refractivity contribution in [1.82, 2.24) is 24.4 Å². The molecule has 8 heteroatoms. The van der Waals surface area contributed by atoms with Crippen LogP contribution in [0.25, 0.3) is 0 Å². The topological polar surface area (TPSA) is 93.2 Å². The van der Waals surface area contributed by atoms with E-state index in [0.29, 0.717) is 6.54 Å². The third-order valence-electron chi connectivity index (χ3n) is 6.27. The Morgan fingerprint density at radius 3 is 2.66 bits per heavy atom. The first-order chi connectivity index (χ1) is 13.8. The number of nitrogens with two attached hydrogens (primary N) is 1. The van der Waals surface area contributed by atoms with E-state index in [4.69, 9.17) is 10.7 Å². The van der Waals surface area contributed by atoms with E-state index in [1.54, 1.807) is 11.9 Å². The van der Waals surface area contributed by atoms with Gasteiger partial charge in [0.1, 0.15) is 11.6 Å². The third-order valence-corrected chi connectivity index (χ3v) is 6.27. The van der Waals surface area contributed by atoms with Gasteiger partial charge in [-0.25, -0.2) is 15.0 Å². The average molecular weight is 398 g/mol. The predicted molar refractivity (Wildman–Crippen MR) is 112 cm³/mol. The molecule has 2 N–H and O–H groups in total.